The summed E-state index contributed by atoms with van der Waals surface area (Å²) >= 11 is 6.01. The summed E-state index contributed by atoms with van der Waals surface area (Å²) in [5.74, 6) is 0. The molecule has 1 aliphatic heterocycles. The Balaban J connectivity index is 1.85. The number of hydrogen-bond acceptors (Lipinski definition) is 2. The molecule has 1 aliphatic rings. The van der Waals surface area contributed by atoms with Crippen LogP contribution in [0.3, 0.4) is 0 Å². The minimum Gasteiger partial charge on any atom is -0.336 e. The normalized spacial score (nSPS) is 21.2. The van der Waals surface area contributed by atoms with Gasteiger partial charge in [-0.25, -0.2) is 4.79 Å². The zero-order valence-corrected chi connectivity index (χ0v) is 12.8. The van der Waals surface area contributed by atoms with E-state index in [-0.39, 0.29) is 11.4 Å². The smallest absolute Gasteiger partial charge is 0.319 e. The molecule has 1 aromatic carbocycles. The SMILES string of the molecule is CC1(C)CCCNC1CNC(=O)Nc1ccccc1Cl. The molecule has 110 valence electrons. The molecular weight excluding hydrogens is 274 g/mol. The van der Waals surface area contributed by atoms with Crippen molar-refractivity contribution in [2.24, 2.45) is 5.41 Å². The van der Waals surface area contributed by atoms with Crippen LogP contribution in [0.15, 0.2) is 24.3 Å². The third kappa shape index (κ3) is 3.87. The molecule has 4 nitrogen and oxygen atoms in total. The average molecular weight is 296 g/mol. The summed E-state index contributed by atoms with van der Waals surface area (Å²) in [5, 5.41) is 9.69. The number of hydrogen-bond donors (Lipinski definition) is 3. The quantitative estimate of drug-likeness (QED) is 0.802. The topological polar surface area (TPSA) is 53.2 Å². The Bertz CT molecular complexity index is 476. The molecule has 2 amide bonds. The fraction of sp³-hybridized carbons (Fsp3) is 0.533. The Labute approximate surface area is 125 Å². The second-order valence-corrected chi connectivity index (χ2v) is 6.32. The van der Waals surface area contributed by atoms with E-state index in [2.05, 4.69) is 29.8 Å². The number of nitrogens with one attached hydrogen (secondary N) is 3. The van der Waals surface area contributed by atoms with Gasteiger partial charge in [0.1, 0.15) is 0 Å². The lowest BCUT2D eigenvalue weighted by molar-refractivity contribution is 0.177. The van der Waals surface area contributed by atoms with Crippen LogP contribution < -0.4 is 16.0 Å². The summed E-state index contributed by atoms with van der Waals surface area (Å²) in [6, 6.07) is 7.29. The van der Waals surface area contributed by atoms with Crippen LogP contribution in [0.1, 0.15) is 26.7 Å². The maximum absolute atomic E-state index is 11.9. The van der Waals surface area contributed by atoms with Crippen molar-refractivity contribution in [3.8, 4) is 0 Å². The van der Waals surface area contributed by atoms with Gasteiger partial charge in [-0.2, -0.15) is 0 Å². The van der Waals surface area contributed by atoms with E-state index in [1.165, 1.54) is 12.8 Å². The highest BCUT2D eigenvalue weighted by Crippen LogP contribution is 2.29. The Kier molecular flexibility index (Phi) is 4.89. The fourth-order valence-corrected chi connectivity index (χ4v) is 2.73. The Hall–Kier alpha value is -1.26. The van der Waals surface area contributed by atoms with Gasteiger partial charge in [-0.05, 0) is 36.9 Å². The lowest BCUT2D eigenvalue weighted by Crippen LogP contribution is -2.53. The minimum atomic E-state index is -0.221. The number of piperidine rings is 1. The number of urea groups is 1. The fourth-order valence-electron chi connectivity index (χ4n) is 2.54. The average Bonchev–Trinajstić information content (AvgIpc) is 2.40. The van der Waals surface area contributed by atoms with Crippen molar-refractivity contribution in [3.63, 3.8) is 0 Å². The van der Waals surface area contributed by atoms with Crippen molar-refractivity contribution in [1.29, 1.82) is 0 Å². The maximum atomic E-state index is 11.9. The van der Waals surface area contributed by atoms with Crippen LogP contribution >= 0.6 is 11.6 Å². The molecule has 1 unspecified atom stereocenters. The number of halogens is 1. The van der Waals surface area contributed by atoms with Crippen LogP contribution in [-0.4, -0.2) is 25.2 Å². The van der Waals surface area contributed by atoms with Gasteiger partial charge in [-0.3, -0.25) is 0 Å². The molecular formula is C15H22ClN3O. The third-order valence-corrected chi connectivity index (χ3v) is 4.25. The molecule has 1 aromatic rings. The van der Waals surface area contributed by atoms with Crippen molar-refractivity contribution < 1.29 is 4.79 Å². The molecule has 5 heteroatoms. The van der Waals surface area contributed by atoms with Crippen molar-refractivity contribution in [2.75, 3.05) is 18.4 Å². The predicted molar refractivity (Wildman–Crippen MR) is 83.3 cm³/mol. The molecule has 1 atom stereocenters. The van der Waals surface area contributed by atoms with Crippen LogP contribution in [-0.2, 0) is 0 Å². The van der Waals surface area contributed by atoms with E-state index >= 15 is 0 Å². The first-order chi connectivity index (χ1) is 9.49. The highest BCUT2D eigenvalue weighted by Gasteiger charge is 2.31. The first-order valence-corrected chi connectivity index (χ1v) is 7.39. The Morgan fingerprint density at radius 3 is 2.90 bits per heavy atom. The second kappa shape index (κ2) is 6.46. The standard InChI is InChI=1S/C15H22ClN3O/c1-15(2)8-5-9-17-13(15)10-18-14(20)19-12-7-4-3-6-11(12)16/h3-4,6-7,13,17H,5,8-10H2,1-2H3,(H2,18,19,20). The second-order valence-electron chi connectivity index (χ2n) is 5.91. The zero-order chi connectivity index (χ0) is 14.6. The van der Waals surface area contributed by atoms with Gasteiger partial charge in [0.2, 0.25) is 0 Å². The van der Waals surface area contributed by atoms with Crippen LogP contribution in [0, 0.1) is 5.41 Å². The number of benzene rings is 1. The lowest BCUT2D eigenvalue weighted by Gasteiger charge is -2.39. The maximum Gasteiger partial charge on any atom is 0.319 e. The summed E-state index contributed by atoms with van der Waals surface area (Å²) in [5.41, 5.74) is 0.832. The minimum absolute atomic E-state index is 0.204. The highest BCUT2D eigenvalue weighted by atomic mass is 35.5. The van der Waals surface area contributed by atoms with Gasteiger partial charge in [0.15, 0.2) is 0 Å². The number of carbonyl (C=O) groups is 1. The van der Waals surface area contributed by atoms with Crippen molar-refractivity contribution in [2.45, 2.75) is 32.7 Å². The summed E-state index contributed by atoms with van der Waals surface area (Å²) in [4.78, 5) is 11.9. The number of amides is 2. The van der Waals surface area contributed by atoms with Gasteiger partial charge in [0.05, 0.1) is 10.7 Å². The van der Waals surface area contributed by atoms with Crippen molar-refractivity contribution >= 4 is 23.3 Å². The molecule has 0 radical (unpaired) electrons. The molecule has 0 saturated carbocycles. The van der Waals surface area contributed by atoms with Gasteiger partial charge in [0, 0.05) is 12.6 Å². The molecule has 20 heavy (non-hydrogen) atoms. The number of carbonyl (C=O) groups excluding carboxylic acids is 1. The summed E-state index contributed by atoms with van der Waals surface area (Å²) in [6.45, 7) is 6.10. The summed E-state index contributed by atoms with van der Waals surface area (Å²) in [7, 11) is 0. The van der Waals surface area contributed by atoms with Crippen LogP contribution in [0.2, 0.25) is 5.02 Å². The van der Waals surface area contributed by atoms with Gasteiger partial charge in [0.25, 0.3) is 0 Å². The van der Waals surface area contributed by atoms with Crippen molar-refractivity contribution in [3.05, 3.63) is 29.3 Å². The van der Waals surface area contributed by atoms with E-state index < -0.39 is 0 Å². The Morgan fingerprint density at radius 1 is 1.45 bits per heavy atom. The van der Waals surface area contributed by atoms with E-state index in [0.717, 1.165) is 6.54 Å². The Morgan fingerprint density at radius 2 is 2.20 bits per heavy atom. The van der Waals surface area contributed by atoms with Gasteiger partial charge in [-0.15, -0.1) is 0 Å². The number of para-hydroxylation sites is 1. The van der Waals surface area contributed by atoms with Crippen molar-refractivity contribution in [1.82, 2.24) is 10.6 Å². The van der Waals surface area contributed by atoms with E-state index in [1.54, 1.807) is 12.1 Å². The number of rotatable bonds is 3. The molecule has 0 spiro atoms. The molecule has 0 aliphatic carbocycles. The van der Waals surface area contributed by atoms with Gasteiger partial charge < -0.3 is 16.0 Å². The molecule has 2 rings (SSSR count). The van der Waals surface area contributed by atoms with E-state index in [4.69, 9.17) is 11.6 Å². The largest absolute Gasteiger partial charge is 0.336 e. The number of anilines is 1. The van der Waals surface area contributed by atoms with E-state index in [9.17, 15) is 4.79 Å². The first-order valence-electron chi connectivity index (χ1n) is 7.02. The first kappa shape index (κ1) is 15.1. The molecule has 1 saturated heterocycles. The molecule has 3 N–H and O–H groups in total. The van der Waals surface area contributed by atoms with Crippen LogP contribution in [0.25, 0.3) is 0 Å². The van der Waals surface area contributed by atoms with E-state index in [1.807, 2.05) is 12.1 Å². The highest BCUT2D eigenvalue weighted by molar-refractivity contribution is 6.33. The zero-order valence-electron chi connectivity index (χ0n) is 12.0. The monoisotopic (exact) mass is 295 g/mol. The molecule has 1 fully saturated rings. The van der Waals surface area contributed by atoms with Gasteiger partial charge in [-0.1, -0.05) is 37.6 Å². The van der Waals surface area contributed by atoms with Crippen LogP contribution in [0.5, 0.6) is 0 Å². The third-order valence-electron chi connectivity index (χ3n) is 3.92. The lowest BCUT2D eigenvalue weighted by atomic mass is 9.77. The van der Waals surface area contributed by atoms with E-state index in [0.29, 0.717) is 23.3 Å². The molecule has 0 bridgehead atoms. The summed E-state index contributed by atoms with van der Waals surface area (Å²) < 4.78 is 0. The van der Waals surface area contributed by atoms with Crippen LogP contribution in [0.4, 0.5) is 10.5 Å². The molecule has 1 heterocycles. The predicted octanol–water partition coefficient (Wildman–Crippen LogP) is 3.24. The molecule has 0 aromatic heterocycles. The summed E-state index contributed by atoms with van der Waals surface area (Å²) in [6.07, 6.45) is 2.37. The van der Waals surface area contributed by atoms with Gasteiger partial charge >= 0.3 is 6.03 Å².